The predicted molar refractivity (Wildman–Crippen MR) is 90.4 cm³/mol. The molecule has 0 bridgehead atoms. The SMILES string of the molecule is Cc1cc(N2CCCC2c2cnc(-c3ncc(C)[nH]3)cn2)ncn1. The number of hydrogen-bond acceptors (Lipinski definition) is 6. The fourth-order valence-corrected chi connectivity index (χ4v) is 3.12. The molecule has 4 rings (SSSR count). The van der Waals surface area contributed by atoms with Gasteiger partial charge >= 0.3 is 0 Å². The molecule has 0 radical (unpaired) electrons. The highest BCUT2D eigenvalue weighted by molar-refractivity contribution is 5.48. The Labute approximate surface area is 140 Å². The highest BCUT2D eigenvalue weighted by Gasteiger charge is 2.28. The number of H-pyrrole nitrogens is 1. The van der Waals surface area contributed by atoms with E-state index in [1.807, 2.05) is 26.1 Å². The molecular weight excluding hydrogens is 302 g/mol. The summed E-state index contributed by atoms with van der Waals surface area (Å²) in [5, 5.41) is 0. The maximum Gasteiger partial charge on any atom is 0.157 e. The van der Waals surface area contributed by atoms with Crippen LogP contribution in [0, 0.1) is 13.8 Å². The van der Waals surface area contributed by atoms with Crippen LogP contribution < -0.4 is 4.90 Å². The Morgan fingerprint density at radius 1 is 1.04 bits per heavy atom. The van der Waals surface area contributed by atoms with Gasteiger partial charge in [0.15, 0.2) is 5.82 Å². The molecule has 0 aromatic carbocycles. The average molecular weight is 321 g/mol. The third kappa shape index (κ3) is 2.73. The van der Waals surface area contributed by atoms with Gasteiger partial charge in [0, 0.05) is 30.2 Å². The third-order valence-electron chi connectivity index (χ3n) is 4.30. The Morgan fingerprint density at radius 3 is 2.67 bits per heavy atom. The minimum Gasteiger partial charge on any atom is -0.348 e. The molecule has 1 aliphatic heterocycles. The summed E-state index contributed by atoms with van der Waals surface area (Å²) in [6.45, 7) is 4.93. The molecule has 3 aromatic rings. The summed E-state index contributed by atoms with van der Waals surface area (Å²) in [5.74, 6) is 1.71. The van der Waals surface area contributed by atoms with Crippen molar-refractivity contribution in [1.82, 2.24) is 29.9 Å². The van der Waals surface area contributed by atoms with E-state index in [-0.39, 0.29) is 6.04 Å². The molecule has 4 heterocycles. The van der Waals surface area contributed by atoms with Gasteiger partial charge < -0.3 is 9.88 Å². The van der Waals surface area contributed by atoms with Gasteiger partial charge in [-0.2, -0.15) is 0 Å². The molecule has 0 aliphatic carbocycles. The molecular formula is C17H19N7. The van der Waals surface area contributed by atoms with Crippen LogP contribution in [-0.4, -0.2) is 36.4 Å². The lowest BCUT2D eigenvalue weighted by molar-refractivity contribution is 0.682. The summed E-state index contributed by atoms with van der Waals surface area (Å²) in [7, 11) is 0. The minimum atomic E-state index is 0.208. The van der Waals surface area contributed by atoms with Crippen molar-refractivity contribution in [1.29, 1.82) is 0 Å². The van der Waals surface area contributed by atoms with E-state index in [1.54, 1.807) is 18.7 Å². The third-order valence-corrected chi connectivity index (χ3v) is 4.30. The maximum absolute atomic E-state index is 4.64. The normalized spacial score (nSPS) is 17.4. The average Bonchev–Trinajstić information content (AvgIpc) is 3.24. The fourth-order valence-electron chi connectivity index (χ4n) is 3.12. The fraction of sp³-hybridized carbons (Fsp3) is 0.353. The van der Waals surface area contributed by atoms with E-state index in [9.17, 15) is 0 Å². The van der Waals surface area contributed by atoms with Crippen molar-refractivity contribution in [2.24, 2.45) is 0 Å². The molecule has 122 valence electrons. The van der Waals surface area contributed by atoms with Crippen molar-refractivity contribution in [2.45, 2.75) is 32.7 Å². The number of rotatable bonds is 3. The summed E-state index contributed by atoms with van der Waals surface area (Å²) in [6.07, 6.45) is 9.22. The van der Waals surface area contributed by atoms with E-state index in [2.05, 4.69) is 34.8 Å². The number of imidazole rings is 1. The Morgan fingerprint density at radius 2 is 1.96 bits per heavy atom. The van der Waals surface area contributed by atoms with Crippen LogP contribution in [0.1, 0.15) is 36.0 Å². The Bertz CT molecular complexity index is 840. The van der Waals surface area contributed by atoms with E-state index in [0.717, 1.165) is 53.8 Å². The van der Waals surface area contributed by atoms with Crippen LogP contribution in [0.3, 0.4) is 0 Å². The van der Waals surface area contributed by atoms with Gasteiger partial charge in [-0.15, -0.1) is 0 Å². The zero-order valence-electron chi connectivity index (χ0n) is 13.8. The Kier molecular flexibility index (Phi) is 3.68. The molecule has 7 heteroatoms. The molecule has 0 amide bonds. The van der Waals surface area contributed by atoms with Crippen LogP contribution in [0.2, 0.25) is 0 Å². The van der Waals surface area contributed by atoms with Gasteiger partial charge in [-0.25, -0.2) is 19.9 Å². The second kappa shape index (κ2) is 5.99. The number of aromatic amines is 1. The Hall–Kier alpha value is -2.83. The van der Waals surface area contributed by atoms with E-state index < -0.39 is 0 Å². The largest absolute Gasteiger partial charge is 0.348 e. The van der Waals surface area contributed by atoms with E-state index in [4.69, 9.17) is 0 Å². The zero-order valence-corrected chi connectivity index (χ0v) is 13.8. The number of aryl methyl sites for hydroxylation is 2. The van der Waals surface area contributed by atoms with Crippen molar-refractivity contribution in [3.05, 3.63) is 48.1 Å². The predicted octanol–water partition coefficient (Wildman–Crippen LogP) is 2.62. The van der Waals surface area contributed by atoms with Gasteiger partial charge in [-0.1, -0.05) is 0 Å². The van der Waals surface area contributed by atoms with E-state index in [0.29, 0.717) is 0 Å². The second-order valence-corrected chi connectivity index (χ2v) is 6.11. The first-order chi connectivity index (χ1) is 11.7. The first kappa shape index (κ1) is 14.7. The van der Waals surface area contributed by atoms with Crippen molar-refractivity contribution >= 4 is 5.82 Å². The lowest BCUT2D eigenvalue weighted by atomic mass is 10.1. The van der Waals surface area contributed by atoms with Gasteiger partial charge in [-0.05, 0) is 26.7 Å². The number of nitrogens with zero attached hydrogens (tertiary/aromatic N) is 6. The van der Waals surface area contributed by atoms with Crippen LogP contribution in [-0.2, 0) is 0 Å². The summed E-state index contributed by atoms with van der Waals surface area (Å²) in [5.41, 5.74) is 3.71. The lowest BCUT2D eigenvalue weighted by Gasteiger charge is -2.25. The van der Waals surface area contributed by atoms with E-state index >= 15 is 0 Å². The van der Waals surface area contributed by atoms with Gasteiger partial charge in [0.2, 0.25) is 0 Å². The molecule has 1 saturated heterocycles. The summed E-state index contributed by atoms with van der Waals surface area (Å²) >= 11 is 0. The van der Waals surface area contributed by atoms with Crippen molar-refractivity contribution in [3.8, 4) is 11.5 Å². The van der Waals surface area contributed by atoms with E-state index in [1.165, 1.54) is 0 Å². The molecule has 1 fully saturated rings. The van der Waals surface area contributed by atoms with Gasteiger partial charge in [0.1, 0.15) is 17.8 Å². The first-order valence-corrected chi connectivity index (χ1v) is 8.10. The number of hydrogen-bond donors (Lipinski definition) is 1. The van der Waals surface area contributed by atoms with Gasteiger partial charge in [-0.3, -0.25) is 4.98 Å². The van der Waals surface area contributed by atoms with Crippen LogP contribution in [0.15, 0.2) is 31.0 Å². The van der Waals surface area contributed by atoms with Crippen LogP contribution in [0.5, 0.6) is 0 Å². The summed E-state index contributed by atoms with van der Waals surface area (Å²) in [6, 6.07) is 2.23. The smallest absolute Gasteiger partial charge is 0.157 e. The quantitative estimate of drug-likeness (QED) is 0.798. The van der Waals surface area contributed by atoms with Crippen LogP contribution >= 0.6 is 0 Å². The van der Waals surface area contributed by atoms with Crippen molar-refractivity contribution < 1.29 is 0 Å². The zero-order chi connectivity index (χ0) is 16.5. The first-order valence-electron chi connectivity index (χ1n) is 8.10. The molecule has 7 nitrogen and oxygen atoms in total. The van der Waals surface area contributed by atoms with Gasteiger partial charge in [0.25, 0.3) is 0 Å². The minimum absolute atomic E-state index is 0.208. The maximum atomic E-state index is 4.64. The van der Waals surface area contributed by atoms with Gasteiger partial charge in [0.05, 0.1) is 24.1 Å². The molecule has 1 aliphatic rings. The summed E-state index contributed by atoms with van der Waals surface area (Å²) in [4.78, 5) is 27.5. The molecule has 24 heavy (non-hydrogen) atoms. The second-order valence-electron chi connectivity index (χ2n) is 6.11. The molecule has 0 saturated carbocycles. The number of aromatic nitrogens is 6. The van der Waals surface area contributed by atoms with Crippen LogP contribution in [0.25, 0.3) is 11.5 Å². The molecule has 0 spiro atoms. The number of anilines is 1. The molecule has 1 atom stereocenters. The molecule has 1 unspecified atom stereocenters. The lowest BCUT2D eigenvalue weighted by Crippen LogP contribution is -2.24. The Balaban J connectivity index is 1.60. The van der Waals surface area contributed by atoms with Crippen molar-refractivity contribution in [3.63, 3.8) is 0 Å². The standard InChI is InChI=1S/C17H19N7/c1-11-6-16(22-10-21-11)24-5-3-4-15(24)13-8-19-14(9-18-13)17-20-7-12(2)23-17/h6-10,15H,3-5H2,1-2H3,(H,20,23). The topological polar surface area (TPSA) is 83.5 Å². The highest BCUT2D eigenvalue weighted by Crippen LogP contribution is 2.34. The monoisotopic (exact) mass is 321 g/mol. The van der Waals surface area contributed by atoms with Crippen molar-refractivity contribution in [2.75, 3.05) is 11.4 Å². The summed E-state index contributed by atoms with van der Waals surface area (Å²) < 4.78 is 0. The van der Waals surface area contributed by atoms with Crippen LogP contribution in [0.4, 0.5) is 5.82 Å². The number of nitrogens with one attached hydrogen (secondary N) is 1. The molecule has 1 N–H and O–H groups in total. The molecule has 3 aromatic heterocycles. The highest BCUT2D eigenvalue weighted by atomic mass is 15.2.